The van der Waals surface area contributed by atoms with Crippen molar-refractivity contribution in [3.63, 3.8) is 0 Å². The number of carbonyl (C=O) groups excluding carboxylic acids is 1. The van der Waals surface area contributed by atoms with Gasteiger partial charge in [0.15, 0.2) is 11.6 Å². The SMILES string of the molecule is COCCOC(=O)Nc1ccc(-c2nnc([C@@H]3CCc4cc(-c5cc(Cl)ccc5-n5cnnn5)cc(=O)n43)[nH]2)cc1. The van der Waals surface area contributed by atoms with E-state index in [1.807, 2.05) is 24.3 Å². The number of halogens is 1. The van der Waals surface area contributed by atoms with E-state index in [9.17, 15) is 9.59 Å². The lowest BCUT2D eigenvalue weighted by Gasteiger charge is -2.14. The minimum absolute atomic E-state index is 0.159. The summed E-state index contributed by atoms with van der Waals surface area (Å²) < 4.78 is 13.2. The second-order valence-electron chi connectivity index (χ2n) is 9.30. The van der Waals surface area contributed by atoms with Gasteiger partial charge in [0.05, 0.1) is 18.3 Å². The van der Waals surface area contributed by atoms with E-state index in [1.165, 1.54) is 18.1 Å². The van der Waals surface area contributed by atoms with Gasteiger partial charge in [0.2, 0.25) is 0 Å². The molecule has 14 heteroatoms. The van der Waals surface area contributed by atoms with Crippen LogP contribution in [-0.2, 0) is 15.9 Å². The fourth-order valence-corrected chi connectivity index (χ4v) is 5.03. The van der Waals surface area contributed by atoms with E-state index >= 15 is 0 Å². The number of hydrogen-bond donors (Lipinski definition) is 2. The second-order valence-corrected chi connectivity index (χ2v) is 9.74. The van der Waals surface area contributed by atoms with Crippen LogP contribution in [-0.4, -0.2) is 66.4 Å². The van der Waals surface area contributed by atoms with Gasteiger partial charge in [0.1, 0.15) is 12.9 Å². The zero-order valence-electron chi connectivity index (χ0n) is 21.8. The minimum Gasteiger partial charge on any atom is -0.447 e. The lowest BCUT2D eigenvalue weighted by atomic mass is 10.0. The first kappa shape index (κ1) is 26.3. The molecule has 1 amide bonds. The Balaban J connectivity index is 1.22. The summed E-state index contributed by atoms with van der Waals surface area (Å²) in [7, 11) is 1.53. The van der Waals surface area contributed by atoms with Crippen molar-refractivity contribution in [1.82, 2.24) is 40.0 Å². The van der Waals surface area contributed by atoms with Gasteiger partial charge in [-0.1, -0.05) is 11.6 Å². The van der Waals surface area contributed by atoms with Crippen LogP contribution < -0.4 is 10.9 Å². The zero-order valence-corrected chi connectivity index (χ0v) is 22.6. The Morgan fingerprint density at radius 3 is 2.73 bits per heavy atom. The Labute approximate surface area is 238 Å². The van der Waals surface area contributed by atoms with Crippen molar-refractivity contribution < 1.29 is 14.3 Å². The van der Waals surface area contributed by atoms with Crippen LogP contribution in [0.1, 0.15) is 24.0 Å². The van der Waals surface area contributed by atoms with Crippen LogP contribution in [0.15, 0.2) is 65.7 Å². The molecular weight excluding hydrogens is 550 g/mol. The summed E-state index contributed by atoms with van der Waals surface area (Å²) in [5.74, 6) is 1.15. The van der Waals surface area contributed by atoms with Crippen molar-refractivity contribution in [2.24, 2.45) is 0 Å². The molecule has 2 aromatic carbocycles. The maximum Gasteiger partial charge on any atom is 0.411 e. The van der Waals surface area contributed by atoms with Gasteiger partial charge in [0.25, 0.3) is 5.56 Å². The molecule has 0 saturated carbocycles. The van der Waals surface area contributed by atoms with Crippen molar-refractivity contribution in [3.8, 4) is 28.2 Å². The number of amides is 1. The van der Waals surface area contributed by atoms with Gasteiger partial charge in [-0.05, 0) is 77.4 Å². The van der Waals surface area contributed by atoms with E-state index in [2.05, 4.69) is 36.0 Å². The highest BCUT2D eigenvalue weighted by Gasteiger charge is 2.28. The smallest absolute Gasteiger partial charge is 0.411 e. The van der Waals surface area contributed by atoms with E-state index in [-0.39, 0.29) is 18.2 Å². The number of rotatable bonds is 8. The number of pyridine rings is 1. The molecule has 208 valence electrons. The summed E-state index contributed by atoms with van der Waals surface area (Å²) in [6, 6.07) is 15.8. The number of fused-ring (bicyclic) bond motifs is 1. The maximum atomic E-state index is 13.4. The highest BCUT2D eigenvalue weighted by atomic mass is 35.5. The summed E-state index contributed by atoms with van der Waals surface area (Å²) in [5, 5.41) is 23.3. The summed E-state index contributed by atoms with van der Waals surface area (Å²) in [5.41, 5.74) is 4.26. The predicted octanol–water partition coefficient (Wildman–Crippen LogP) is 3.66. The number of aromatic amines is 1. The number of aryl methyl sites for hydroxylation is 1. The van der Waals surface area contributed by atoms with Crippen LogP contribution in [0, 0.1) is 0 Å². The van der Waals surface area contributed by atoms with Gasteiger partial charge < -0.3 is 19.0 Å². The predicted molar refractivity (Wildman–Crippen MR) is 149 cm³/mol. The standard InChI is InChI=1S/C27H24ClN9O4/c1-40-10-11-41-27(39)30-19-5-2-16(3-6-19)25-31-26(33-32-25)23-9-7-20-12-17(13-24(38)37(20)23)21-14-18(28)4-8-22(21)36-15-29-34-35-36/h2-6,8,12-15,23H,7,9-11H2,1H3,(H,30,39)(H,31,32,33)/t23-/m0/s1. The molecular formula is C27H24ClN9O4. The zero-order chi connectivity index (χ0) is 28.3. The van der Waals surface area contributed by atoms with Crippen LogP contribution in [0.4, 0.5) is 10.5 Å². The molecule has 0 saturated heterocycles. The molecule has 0 fully saturated rings. The number of tetrazole rings is 1. The Hall–Kier alpha value is -4.88. The molecule has 0 radical (unpaired) electrons. The second kappa shape index (κ2) is 11.3. The molecule has 0 aliphatic carbocycles. The van der Waals surface area contributed by atoms with Gasteiger partial charge in [-0.25, -0.2) is 4.79 Å². The fourth-order valence-electron chi connectivity index (χ4n) is 4.86. The molecule has 4 heterocycles. The van der Waals surface area contributed by atoms with Crippen molar-refractivity contribution >= 4 is 23.4 Å². The van der Waals surface area contributed by atoms with E-state index in [1.54, 1.807) is 34.9 Å². The molecule has 1 aliphatic rings. The van der Waals surface area contributed by atoms with Crippen molar-refractivity contribution in [1.29, 1.82) is 0 Å². The summed E-state index contributed by atoms with van der Waals surface area (Å²) >= 11 is 6.30. The van der Waals surface area contributed by atoms with Crippen LogP contribution in [0.2, 0.25) is 5.02 Å². The van der Waals surface area contributed by atoms with Gasteiger partial charge in [-0.2, -0.15) is 4.68 Å². The maximum absolute atomic E-state index is 13.4. The molecule has 6 rings (SSSR count). The van der Waals surface area contributed by atoms with Crippen LogP contribution in [0.3, 0.4) is 0 Å². The number of nitrogens with one attached hydrogen (secondary N) is 2. The van der Waals surface area contributed by atoms with Gasteiger partial charge >= 0.3 is 6.09 Å². The van der Waals surface area contributed by atoms with Crippen LogP contribution in [0.25, 0.3) is 28.2 Å². The first-order valence-corrected chi connectivity index (χ1v) is 13.1. The first-order chi connectivity index (χ1) is 20.0. The number of ether oxygens (including phenoxy) is 2. The number of aromatic nitrogens is 8. The number of benzene rings is 2. The number of H-pyrrole nitrogens is 1. The number of hydrogen-bond acceptors (Lipinski definition) is 9. The van der Waals surface area contributed by atoms with Crippen LogP contribution in [0.5, 0.6) is 0 Å². The first-order valence-electron chi connectivity index (χ1n) is 12.7. The molecule has 41 heavy (non-hydrogen) atoms. The number of nitrogens with zero attached hydrogens (tertiary/aromatic N) is 7. The fraction of sp³-hybridized carbons (Fsp3) is 0.222. The molecule has 13 nitrogen and oxygen atoms in total. The number of carbonyl (C=O) groups is 1. The summed E-state index contributed by atoms with van der Waals surface area (Å²) in [6.45, 7) is 0.488. The Morgan fingerprint density at radius 2 is 1.95 bits per heavy atom. The van der Waals surface area contributed by atoms with E-state index in [0.717, 1.165) is 22.4 Å². The van der Waals surface area contributed by atoms with Crippen molar-refractivity contribution in [2.75, 3.05) is 25.6 Å². The minimum atomic E-state index is -0.563. The van der Waals surface area contributed by atoms with Gasteiger partial charge in [-0.15, -0.1) is 15.3 Å². The average molecular weight is 574 g/mol. The van der Waals surface area contributed by atoms with Gasteiger partial charge in [0, 0.05) is 40.7 Å². The van der Waals surface area contributed by atoms with Crippen molar-refractivity contribution in [2.45, 2.75) is 18.9 Å². The lowest BCUT2D eigenvalue weighted by Crippen LogP contribution is -2.24. The third kappa shape index (κ3) is 5.44. The summed E-state index contributed by atoms with van der Waals surface area (Å²) in [4.78, 5) is 28.5. The highest BCUT2D eigenvalue weighted by Crippen LogP contribution is 2.34. The lowest BCUT2D eigenvalue weighted by molar-refractivity contribution is 0.107. The topological polar surface area (TPSA) is 155 Å². The number of methoxy groups -OCH3 is 1. The van der Waals surface area contributed by atoms with E-state index in [4.69, 9.17) is 21.1 Å². The van der Waals surface area contributed by atoms with E-state index < -0.39 is 6.09 Å². The molecule has 2 N–H and O–H groups in total. The molecule has 0 unspecified atom stereocenters. The normalized spacial score (nSPS) is 14.1. The molecule has 1 aliphatic heterocycles. The average Bonchev–Trinajstić information content (AvgIpc) is 3.75. The number of anilines is 1. The van der Waals surface area contributed by atoms with Crippen molar-refractivity contribution in [3.05, 3.63) is 87.8 Å². The molecule has 5 aromatic rings. The Morgan fingerprint density at radius 1 is 1.10 bits per heavy atom. The van der Waals surface area contributed by atoms with Crippen LogP contribution >= 0.6 is 11.6 Å². The molecule has 0 bridgehead atoms. The summed E-state index contributed by atoms with van der Waals surface area (Å²) in [6.07, 6.45) is 2.31. The highest BCUT2D eigenvalue weighted by molar-refractivity contribution is 6.31. The third-order valence-corrected chi connectivity index (χ3v) is 6.98. The largest absolute Gasteiger partial charge is 0.447 e. The molecule has 0 spiro atoms. The molecule has 3 aromatic heterocycles. The Kier molecular flexibility index (Phi) is 7.27. The third-order valence-electron chi connectivity index (χ3n) is 6.74. The molecule has 1 atom stereocenters. The quantitative estimate of drug-likeness (QED) is 0.264. The van der Waals surface area contributed by atoms with Gasteiger partial charge in [-0.3, -0.25) is 10.1 Å². The monoisotopic (exact) mass is 573 g/mol. The Bertz CT molecular complexity index is 1750. The van der Waals surface area contributed by atoms with E-state index in [0.29, 0.717) is 47.5 Å².